The van der Waals surface area contributed by atoms with Gasteiger partial charge in [0, 0.05) is 18.8 Å². The lowest BCUT2D eigenvalue weighted by molar-refractivity contribution is -0.143. The summed E-state index contributed by atoms with van der Waals surface area (Å²) in [6.45, 7) is 12.6. The van der Waals surface area contributed by atoms with Gasteiger partial charge in [0.05, 0.1) is 0 Å². The van der Waals surface area contributed by atoms with Gasteiger partial charge in [-0.25, -0.2) is 0 Å². The third kappa shape index (κ3) is 2.49. The van der Waals surface area contributed by atoms with Gasteiger partial charge in [-0.05, 0) is 42.9 Å². The van der Waals surface area contributed by atoms with Gasteiger partial charge in [-0.1, -0.05) is 39.3 Å². The molecule has 112 valence electrons. The molecule has 2 aliphatic rings. The summed E-state index contributed by atoms with van der Waals surface area (Å²) in [5, 5.41) is 0. The second-order valence-corrected chi connectivity index (χ2v) is 7.88. The normalized spacial score (nSPS) is 36.6. The van der Waals surface area contributed by atoms with Crippen LogP contribution in [0.4, 0.5) is 0 Å². The van der Waals surface area contributed by atoms with Crippen molar-refractivity contribution >= 4 is 11.6 Å². The first-order valence-corrected chi connectivity index (χ1v) is 7.88. The zero-order valence-electron chi connectivity index (χ0n) is 13.4. The van der Waals surface area contributed by atoms with Gasteiger partial charge in [-0.3, -0.25) is 4.79 Å². The second-order valence-electron chi connectivity index (χ2n) is 7.88. The molecular weight excluding hydrogens is 248 g/mol. The maximum Gasteiger partial charge on any atom is 0.141 e. The Morgan fingerprint density at radius 2 is 1.95 bits per heavy atom. The van der Waals surface area contributed by atoms with Gasteiger partial charge in [0.2, 0.25) is 0 Å². The van der Waals surface area contributed by atoms with Crippen molar-refractivity contribution < 1.29 is 9.59 Å². The summed E-state index contributed by atoms with van der Waals surface area (Å²) in [5.74, 6) is 1.08. The van der Waals surface area contributed by atoms with E-state index in [-0.39, 0.29) is 22.5 Å². The van der Waals surface area contributed by atoms with Crippen LogP contribution < -0.4 is 0 Å². The third-order valence-electron chi connectivity index (χ3n) is 5.77. The maximum absolute atomic E-state index is 12.6. The third-order valence-corrected chi connectivity index (χ3v) is 5.77. The molecule has 0 aromatic carbocycles. The van der Waals surface area contributed by atoms with Crippen LogP contribution in [0.5, 0.6) is 0 Å². The molecule has 0 amide bonds. The van der Waals surface area contributed by atoms with Crippen molar-refractivity contribution in [2.24, 2.45) is 22.7 Å². The maximum atomic E-state index is 12.6. The first-order chi connectivity index (χ1) is 9.18. The van der Waals surface area contributed by atoms with Gasteiger partial charge in [-0.15, -0.1) is 0 Å². The monoisotopic (exact) mass is 276 g/mol. The van der Waals surface area contributed by atoms with Gasteiger partial charge in [0.15, 0.2) is 0 Å². The topological polar surface area (TPSA) is 34.1 Å². The first-order valence-electron chi connectivity index (χ1n) is 7.88. The second kappa shape index (κ2) is 5.13. The lowest BCUT2D eigenvalue weighted by Gasteiger charge is -2.56. The molecule has 2 rings (SSSR count). The molecule has 0 heterocycles. The lowest BCUT2D eigenvalue weighted by Crippen LogP contribution is -2.53. The Hall–Kier alpha value is -0.920. The van der Waals surface area contributed by atoms with Crippen molar-refractivity contribution in [2.45, 2.75) is 66.2 Å². The van der Waals surface area contributed by atoms with Crippen LogP contribution in [0.25, 0.3) is 0 Å². The van der Waals surface area contributed by atoms with Crippen LogP contribution in [0.2, 0.25) is 0 Å². The van der Waals surface area contributed by atoms with Gasteiger partial charge in [0.25, 0.3) is 0 Å². The summed E-state index contributed by atoms with van der Waals surface area (Å²) in [7, 11) is 0. The molecule has 0 N–H and O–H groups in total. The van der Waals surface area contributed by atoms with Crippen molar-refractivity contribution in [2.75, 3.05) is 0 Å². The Kier molecular flexibility index (Phi) is 3.96. The fourth-order valence-electron chi connectivity index (χ4n) is 5.08. The molecule has 0 unspecified atom stereocenters. The molecule has 2 aliphatic carbocycles. The highest BCUT2D eigenvalue weighted by molar-refractivity contribution is 5.86. The van der Waals surface area contributed by atoms with Gasteiger partial charge in [-0.2, -0.15) is 0 Å². The molecular formula is C18H28O2. The van der Waals surface area contributed by atoms with Crippen LogP contribution in [-0.2, 0) is 9.59 Å². The summed E-state index contributed by atoms with van der Waals surface area (Å²) in [6.07, 6.45) is 5.40. The highest BCUT2D eigenvalue weighted by Gasteiger charge is 2.56. The molecule has 0 radical (unpaired) electrons. The summed E-state index contributed by atoms with van der Waals surface area (Å²) in [6, 6.07) is 0. The average Bonchev–Trinajstić information content (AvgIpc) is 2.25. The number of hydrogen-bond acceptors (Lipinski definition) is 2. The zero-order chi connectivity index (χ0) is 15.1. The zero-order valence-corrected chi connectivity index (χ0v) is 13.4. The number of fused-ring (bicyclic) bond motifs is 1. The van der Waals surface area contributed by atoms with E-state index in [1.807, 2.05) is 0 Å². The van der Waals surface area contributed by atoms with Gasteiger partial charge < -0.3 is 4.79 Å². The molecule has 0 saturated heterocycles. The van der Waals surface area contributed by atoms with Crippen LogP contribution >= 0.6 is 0 Å². The number of carbonyl (C=O) groups is 2. The molecule has 20 heavy (non-hydrogen) atoms. The minimum atomic E-state index is 0.00359. The lowest BCUT2D eigenvalue weighted by atomic mass is 9.46. The van der Waals surface area contributed by atoms with Crippen molar-refractivity contribution in [3.63, 3.8) is 0 Å². The molecule has 2 heteroatoms. The van der Waals surface area contributed by atoms with E-state index >= 15 is 0 Å². The largest absolute Gasteiger partial charge is 0.300 e. The highest BCUT2D eigenvalue weighted by atomic mass is 16.1. The fraction of sp³-hybridized carbons (Fsp3) is 0.778. The van der Waals surface area contributed by atoms with Crippen LogP contribution in [-0.4, -0.2) is 11.6 Å². The van der Waals surface area contributed by atoms with Crippen molar-refractivity contribution in [3.05, 3.63) is 12.2 Å². The SMILES string of the molecule is C=C1CC(=O)[C@@H]2C(C)(C)CCC[C@@]2(C)[C@H]1CCC(C)=O. The van der Waals surface area contributed by atoms with Crippen molar-refractivity contribution in [1.29, 1.82) is 0 Å². The predicted octanol–water partition coefficient (Wildman–Crippen LogP) is 4.33. The number of allylic oxidation sites excluding steroid dienone is 1. The molecule has 2 fully saturated rings. The molecule has 0 aromatic heterocycles. The van der Waals surface area contributed by atoms with E-state index in [4.69, 9.17) is 0 Å². The first kappa shape index (κ1) is 15.5. The number of ketones is 2. The van der Waals surface area contributed by atoms with Crippen LogP contribution in [0.3, 0.4) is 0 Å². The van der Waals surface area contributed by atoms with Crippen LogP contribution in [0.15, 0.2) is 12.2 Å². The number of rotatable bonds is 3. The van der Waals surface area contributed by atoms with Crippen LogP contribution in [0.1, 0.15) is 66.2 Å². The Morgan fingerprint density at radius 3 is 2.55 bits per heavy atom. The summed E-state index contributed by atoms with van der Waals surface area (Å²) < 4.78 is 0. The molecule has 2 saturated carbocycles. The minimum absolute atomic E-state index is 0.00359. The summed E-state index contributed by atoms with van der Waals surface area (Å²) in [4.78, 5) is 24.0. The molecule has 0 spiro atoms. The smallest absolute Gasteiger partial charge is 0.141 e. The minimum Gasteiger partial charge on any atom is -0.300 e. The van der Waals surface area contributed by atoms with E-state index in [2.05, 4.69) is 27.4 Å². The predicted molar refractivity (Wildman–Crippen MR) is 81.4 cm³/mol. The molecule has 0 bridgehead atoms. The van der Waals surface area contributed by atoms with E-state index in [1.165, 1.54) is 6.42 Å². The van der Waals surface area contributed by atoms with Gasteiger partial charge in [0.1, 0.15) is 11.6 Å². The van der Waals surface area contributed by atoms with E-state index in [0.717, 1.165) is 24.8 Å². The Morgan fingerprint density at radius 1 is 1.30 bits per heavy atom. The average molecular weight is 276 g/mol. The molecule has 2 nitrogen and oxygen atoms in total. The van der Waals surface area contributed by atoms with Crippen molar-refractivity contribution in [3.8, 4) is 0 Å². The Bertz CT molecular complexity index is 446. The highest BCUT2D eigenvalue weighted by Crippen LogP contribution is 2.60. The summed E-state index contributed by atoms with van der Waals surface area (Å²) in [5.41, 5.74) is 1.15. The summed E-state index contributed by atoms with van der Waals surface area (Å²) >= 11 is 0. The Labute approximate surface area is 123 Å². The molecule has 0 aliphatic heterocycles. The number of Topliss-reactive ketones (excluding diaryl/α,β-unsaturated/α-hetero) is 2. The van der Waals surface area contributed by atoms with Gasteiger partial charge >= 0.3 is 0 Å². The molecule has 0 aromatic rings. The van der Waals surface area contributed by atoms with Crippen LogP contribution in [0, 0.1) is 22.7 Å². The Balaban J connectivity index is 2.34. The molecule has 3 atom stereocenters. The van der Waals surface area contributed by atoms with E-state index in [9.17, 15) is 9.59 Å². The van der Waals surface area contributed by atoms with E-state index in [0.29, 0.717) is 24.5 Å². The number of hydrogen-bond donors (Lipinski definition) is 0. The fourth-order valence-corrected chi connectivity index (χ4v) is 5.08. The van der Waals surface area contributed by atoms with Crippen molar-refractivity contribution in [1.82, 2.24) is 0 Å². The standard InChI is InChI=1S/C18H28O2/c1-12-11-15(20)16-17(3,4)9-6-10-18(16,5)14(12)8-7-13(2)19/h14,16H,1,6-11H2,2-5H3/t14-,16+,18-/m0/s1. The quantitative estimate of drug-likeness (QED) is 0.719. The number of carbonyl (C=O) groups excluding carboxylic acids is 2. The van der Waals surface area contributed by atoms with E-state index < -0.39 is 0 Å². The van der Waals surface area contributed by atoms with E-state index in [1.54, 1.807) is 6.92 Å².